The summed E-state index contributed by atoms with van der Waals surface area (Å²) in [5.41, 5.74) is 0.614. The number of benzene rings is 1. The van der Waals surface area contributed by atoms with Crippen LogP contribution in [0.3, 0.4) is 0 Å². The van der Waals surface area contributed by atoms with Gasteiger partial charge in [-0.2, -0.15) is 5.10 Å². The maximum atomic E-state index is 11.5. The Morgan fingerprint density at radius 3 is 2.67 bits per heavy atom. The molecule has 0 saturated heterocycles. The number of rotatable bonds is 3. The Bertz CT molecular complexity index is 524. The first-order valence-electron chi connectivity index (χ1n) is 5.22. The molecule has 2 N–H and O–H groups in total. The van der Waals surface area contributed by atoms with E-state index in [1.807, 2.05) is 6.07 Å². The number of carbonyl (C=O) groups excluding carboxylic acids is 2. The van der Waals surface area contributed by atoms with Gasteiger partial charge in [-0.25, -0.2) is 14.5 Å². The van der Waals surface area contributed by atoms with Crippen molar-refractivity contribution in [2.75, 3.05) is 5.32 Å². The molecule has 0 fully saturated rings. The highest BCUT2D eigenvalue weighted by molar-refractivity contribution is 6.00. The van der Waals surface area contributed by atoms with E-state index >= 15 is 0 Å². The van der Waals surface area contributed by atoms with Gasteiger partial charge in [0.25, 0.3) is 0 Å². The van der Waals surface area contributed by atoms with E-state index < -0.39 is 11.9 Å². The predicted molar refractivity (Wildman–Crippen MR) is 63.6 cm³/mol. The molecule has 0 saturated carbocycles. The minimum absolute atomic E-state index is 0.0534. The van der Waals surface area contributed by atoms with Gasteiger partial charge in [0.1, 0.15) is 19.2 Å². The topological polar surface area (TPSA) is 88.9 Å². The molecule has 2 rings (SSSR count). The SMILES string of the molecule is O=C(Cn1cncn1)NC(=O)Nc1ccccc1. The Hall–Kier alpha value is -2.70. The number of anilines is 1. The molecule has 0 unspecified atom stereocenters. The molecule has 1 heterocycles. The summed E-state index contributed by atoms with van der Waals surface area (Å²) in [6, 6.07) is 8.27. The number of amides is 3. The molecule has 1 aromatic carbocycles. The zero-order valence-corrected chi connectivity index (χ0v) is 9.41. The van der Waals surface area contributed by atoms with Crippen molar-refractivity contribution in [1.29, 1.82) is 0 Å². The summed E-state index contributed by atoms with van der Waals surface area (Å²) in [6.45, 7) is -0.0534. The fourth-order valence-electron chi connectivity index (χ4n) is 1.31. The van der Waals surface area contributed by atoms with Crippen LogP contribution in [0, 0.1) is 0 Å². The maximum Gasteiger partial charge on any atom is 0.325 e. The van der Waals surface area contributed by atoms with E-state index in [0.717, 1.165) is 0 Å². The van der Waals surface area contributed by atoms with E-state index in [0.29, 0.717) is 5.69 Å². The normalized spacial score (nSPS) is 9.78. The second kappa shape index (κ2) is 5.58. The van der Waals surface area contributed by atoms with Crippen LogP contribution >= 0.6 is 0 Å². The standard InChI is InChI=1S/C11H11N5O2/c17-10(6-16-8-12-7-13-16)15-11(18)14-9-4-2-1-3-5-9/h1-5,7-8H,6H2,(H2,14,15,17,18). The summed E-state index contributed by atoms with van der Waals surface area (Å²) in [4.78, 5) is 26.6. The van der Waals surface area contributed by atoms with Crippen molar-refractivity contribution < 1.29 is 9.59 Å². The van der Waals surface area contributed by atoms with Gasteiger partial charge in [0, 0.05) is 5.69 Å². The molecule has 0 spiro atoms. The third kappa shape index (κ3) is 3.41. The molecule has 3 amide bonds. The van der Waals surface area contributed by atoms with E-state index in [4.69, 9.17) is 0 Å². The maximum absolute atomic E-state index is 11.5. The van der Waals surface area contributed by atoms with Crippen LogP contribution in [-0.2, 0) is 11.3 Å². The molecule has 0 bridgehead atoms. The van der Waals surface area contributed by atoms with Crippen molar-refractivity contribution in [3.63, 3.8) is 0 Å². The molecule has 2 aromatic rings. The van der Waals surface area contributed by atoms with Crippen LogP contribution in [0.1, 0.15) is 0 Å². The van der Waals surface area contributed by atoms with E-state index in [-0.39, 0.29) is 6.54 Å². The fraction of sp³-hybridized carbons (Fsp3) is 0.0909. The summed E-state index contributed by atoms with van der Waals surface area (Å²) in [7, 11) is 0. The van der Waals surface area contributed by atoms with Crippen LogP contribution in [0.15, 0.2) is 43.0 Å². The summed E-state index contributed by atoms with van der Waals surface area (Å²) < 4.78 is 1.32. The monoisotopic (exact) mass is 245 g/mol. The van der Waals surface area contributed by atoms with Crippen molar-refractivity contribution in [2.24, 2.45) is 0 Å². The zero-order chi connectivity index (χ0) is 12.8. The van der Waals surface area contributed by atoms with E-state index in [1.54, 1.807) is 24.3 Å². The van der Waals surface area contributed by atoms with Crippen molar-refractivity contribution in [3.8, 4) is 0 Å². The van der Waals surface area contributed by atoms with Gasteiger partial charge in [-0.1, -0.05) is 18.2 Å². The smallest absolute Gasteiger partial charge is 0.308 e. The molecule has 0 aliphatic rings. The first-order chi connectivity index (χ1) is 8.74. The highest BCUT2D eigenvalue weighted by Gasteiger charge is 2.08. The quantitative estimate of drug-likeness (QED) is 0.829. The van der Waals surface area contributed by atoms with E-state index in [9.17, 15) is 9.59 Å². The number of nitrogens with one attached hydrogen (secondary N) is 2. The van der Waals surface area contributed by atoms with Crippen LogP contribution in [0.25, 0.3) is 0 Å². The van der Waals surface area contributed by atoms with Gasteiger partial charge in [0.15, 0.2) is 0 Å². The first-order valence-corrected chi connectivity index (χ1v) is 5.22. The molecule has 0 radical (unpaired) electrons. The zero-order valence-electron chi connectivity index (χ0n) is 9.41. The first kappa shape index (κ1) is 11.8. The van der Waals surface area contributed by atoms with Crippen LogP contribution < -0.4 is 10.6 Å². The van der Waals surface area contributed by atoms with Crippen LogP contribution in [0.4, 0.5) is 10.5 Å². The average Bonchev–Trinajstić information content (AvgIpc) is 2.82. The molecule has 0 atom stereocenters. The second-order valence-electron chi connectivity index (χ2n) is 3.46. The Labute approximate surface area is 103 Å². The minimum Gasteiger partial charge on any atom is -0.308 e. The van der Waals surface area contributed by atoms with Gasteiger partial charge >= 0.3 is 6.03 Å². The second-order valence-corrected chi connectivity index (χ2v) is 3.46. The number of imide groups is 1. The number of aromatic nitrogens is 3. The summed E-state index contributed by atoms with van der Waals surface area (Å²) in [5, 5.41) is 8.49. The van der Waals surface area contributed by atoms with Gasteiger partial charge in [-0.3, -0.25) is 10.1 Å². The molecule has 1 aromatic heterocycles. The number of urea groups is 1. The lowest BCUT2D eigenvalue weighted by molar-refractivity contribution is -0.120. The van der Waals surface area contributed by atoms with E-state index in [1.165, 1.54) is 17.3 Å². The van der Waals surface area contributed by atoms with Crippen molar-refractivity contribution in [1.82, 2.24) is 20.1 Å². The summed E-state index contributed by atoms with van der Waals surface area (Å²) in [6.07, 6.45) is 2.71. The van der Waals surface area contributed by atoms with Gasteiger partial charge in [0.05, 0.1) is 0 Å². The Balaban J connectivity index is 1.82. The predicted octanol–water partition coefficient (Wildman–Crippen LogP) is 0.626. The van der Waals surface area contributed by atoms with Gasteiger partial charge in [-0.15, -0.1) is 0 Å². The molecule has 7 nitrogen and oxygen atoms in total. The Morgan fingerprint density at radius 1 is 1.22 bits per heavy atom. The number of para-hydroxylation sites is 1. The minimum atomic E-state index is -0.577. The number of carbonyl (C=O) groups is 2. The molecule has 0 aliphatic carbocycles. The highest BCUT2D eigenvalue weighted by atomic mass is 16.2. The molecular formula is C11H11N5O2. The number of hydrogen-bond donors (Lipinski definition) is 2. The fourth-order valence-corrected chi connectivity index (χ4v) is 1.31. The Morgan fingerprint density at radius 2 is 2.00 bits per heavy atom. The van der Waals surface area contributed by atoms with Crippen LogP contribution in [-0.4, -0.2) is 26.7 Å². The number of hydrogen-bond acceptors (Lipinski definition) is 4. The molecule has 18 heavy (non-hydrogen) atoms. The van der Waals surface area contributed by atoms with Crippen molar-refractivity contribution in [3.05, 3.63) is 43.0 Å². The highest BCUT2D eigenvalue weighted by Crippen LogP contribution is 2.03. The third-order valence-corrected chi connectivity index (χ3v) is 2.06. The lowest BCUT2D eigenvalue weighted by Crippen LogP contribution is -2.36. The molecule has 92 valence electrons. The Kier molecular flexibility index (Phi) is 3.65. The van der Waals surface area contributed by atoms with Gasteiger partial charge < -0.3 is 5.32 Å². The van der Waals surface area contributed by atoms with Gasteiger partial charge in [0.2, 0.25) is 5.91 Å². The lowest BCUT2D eigenvalue weighted by Gasteiger charge is -2.06. The third-order valence-electron chi connectivity index (χ3n) is 2.06. The van der Waals surface area contributed by atoms with E-state index in [2.05, 4.69) is 20.7 Å². The largest absolute Gasteiger partial charge is 0.325 e. The summed E-state index contributed by atoms with van der Waals surface area (Å²) >= 11 is 0. The lowest BCUT2D eigenvalue weighted by atomic mass is 10.3. The molecule has 0 aliphatic heterocycles. The average molecular weight is 245 g/mol. The molecular weight excluding hydrogens is 234 g/mol. The number of nitrogens with zero attached hydrogens (tertiary/aromatic N) is 3. The molecule has 7 heteroatoms. The van der Waals surface area contributed by atoms with Crippen molar-refractivity contribution >= 4 is 17.6 Å². The summed E-state index contributed by atoms with van der Waals surface area (Å²) in [5.74, 6) is -0.464. The van der Waals surface area contributed by atoms with Crippen LogP contribution in [0.2, 0.25) is 0 Å². The van der Waals surface area contributed by atoms with Crippen molar-refractivity contribution in [2.45, 2.75) is 6.54 Å². The van der Waals surface area contributed by atoms with Gasteiger partial charge in [-0.05, 0) is 12.1 Å². The van der Waals surface area contributed by atoms with Crippen LogP contribution in [0.5, 0.6) is 0 Å².